The van der Waals surface area contributed by atoms with Crippen LogP contribution >= 0.6 is 0 Å². The van der Waals surface area contributed by atoms with Crippen LogP contribution < -0.4 is 5.73 Å². The van der Waals surface area contributed by atoms with Gasteiger partial charge >= 0.3 is 0 Å². The maximum atomic E-state index is 10.8. The zero-order chi connectivity index (χ0) is 12.7. The molecule has 5 N–H and O–H groups in total. The van der Waals surface area contributed by atoms with Crippen molar-refractivity contribution in [3.63, 3.8) is 0 Å². The third kappa shape index (κ3) is 2.41. The Morgan fingerprint density at radius 1 is 0.938 bits per heavy atom. The van der Waals surface area contributed by atoms with E-state index in [-0.39, 0.29) is 0 Å². The van der Waals surface area contributed by atoms with Gasteiger partial charge in [-0.15, -0.1) is 0 Å². The molecule has 16 heavy (non-hydrogen) atoms. The molecule has 8 nitrogen and oxygen atoms in total. The van der Waals surface area contributed by atoms with Crippen LogP contribution in [0.25, 0.3) is 0 Å². The molecule has 90 valence electrons. The van der Waals surface area contributed by atoms with Crippen molar-refractivity contribution in [3.05, 3.63) is 12.1 Å². The highest BCUT2D eigenvalue weighted by atomic mass is 32.2. The summed E-state index contributed by atoms with van der Waals surface area (Å²) < 4.78 is 60.3. The molecule has 10 heteroatoms. The number of hydrogen-bond donors (Lipinski definition) is 4. The van der Waals surface area contributed by atoms with Gasteiger partial charge in [0, 0.05) is 6.07 Å². The van der Waals surface area contributed by atoms with E-state index in [1.54, 1.807) is 0 Å². The fourth-order valence-electron chi connectivity index (χ4n) is 0.996. The fraction of sp³-hybridized carbons (Fsp3) is 0. The maximum absolute atomic E-state index is 10.8. The van der Waals surface area contributed by atoms with Crippen molar-refractivity contribution < 1.29 is 31.0 Å². The molecule has 0 unspecified atom stereocenters. The molecule has 0 aromatic heterocycles. The molecule has 1 aromatic rings. The maximum Gasteiger partial charge on any atom is 0.298 e. The van der Waals surface area contributed by atoms with Crippen LogP contribution in [0.1, 0.15) is 0 Å². The van der Waals surface area contributed by atoms with Gasteiger partial charge in [-0.3, -0.25) is 9.11 Å². The lowest BCUT2D eigenvalue weighted by molar-refractivity contribution is 0.442. The van der Waals surface area contributed by atoms with Gasteiger partial charge in [0.05, 0.1) is 5.69 Å². The van der Waals surface area contributed by atoms with Crippen LogP contribution in [0.3, 0.4) is 0 Å². The number of hydrogen-bond acceptors (Lipinski definition) is 6. The number of phenols is 1. The van der Waals surface area contributed by atoms with Crippen LogP contribution in [-0.4, -0.2) is 31.0 Å². The second-order valence-electron chi connectivity index (χ2n) is 2.81. The van der Waals surface area contributed by atoms with Gasteiger partial charge in [0.1, 0.15) is 15.5 Å². The minimum Gasteiger partial charge on any atom is -0.506 e. The summed E-state index contributed by atoms with van der Waals surface area (Å²) in [5.74, 6) is -0.924. The molecule has 0 saturated heterocycles. The highest BCUT2D eigenvalue weighted by Gasteiger charge is 2.23. The van der Waals surface area contributed by atoms with Crippen LogP contribution in [0.2, 0.25) is 0 Å². The van der Waals surface area contributed by atoms with E-state index >= 15 is 0 Å². The van der Waals surface area contributed by atoms with E-state index in [2.05, 4.69) is 0 Å². The van der Waals surface area contributed by atoms with Crippen molar-refractivity contribution in [2.45, 2.75) is 9.79 Å². The van der Waals surface area contributed by atoms with Gasteiger partial charge in [0.15, 0.2) is 0 Å². The minimum atomic E-state index is -4.81. The van der Waals surface area contributed by atoms with Crippen molar-refractivity contribution in [1.29, 1.82) is 0 Å². The molecule has 0 amide bonds. The highest BCUT2D eigenvalue weighted by Crippen LogP contribution is 2.30. The van der Waals surface area contributed by atoms with Crippen LogP contribution in [0.15, 0.2) is 21.9 Å². The SMILES string of the molecule is Nc1cc(O)c(S(=O)(=O)O)cc1S(=O)(=O)O. The Morgan fingerprint density at radius 2 is 1.38 bits per heavy atom. The predicted octanol–water partition coefficient (Wildman–Crippen LogP) is -0.532. The molecule has 0 aliphatic carbocycles. The molecule has 0 radical (unpaired) electrons. The van der Waals surface area contributed by atoms with E-state index in [0.717, 1.165) is 0 Å². The van der Waals surface area contributed by atoms with Gasteiger partial charge < -0.3 is 10.8 Å². The van der Waals surface area contributed by atoms with Crippen molar-refractivity contribution in [1.82, 2.24) is 0 Å². The molecular formula is C6H7NO7S2. The van der Waals surface area contributed by atoms with Crippen LogP contribution in [0.4, 0.5) is 5.69 Å². The van der Waals surface area contributed by atoms with E-state index in [0.29, 0.717) is 12.1 Å². The number of nitrogens with two attached hydrogens (primary N) is 1. The van der Waals surface area contributed by atoms with Gasteiger partial charge in [0.25, 0.3) is 20.2 Å². The Hall–Kier alpha value is -1.36. The van der Waals surface area contributed by atoms with E-state index < -0.39 is 41.5 Å². The fourth-order valence-corrected chi connectivity index (χ4v) is 2.28. The first kappa shape index (κ1) is 12.7. The minimum absolute atomic E-state index is 0.356. The molecule has 0 aliphatic heterocycles. The monoisotopic (exact) mass is 269 g/mol. The number of anilines is 1. The smallest absolute Gasteiger partial charge is 0.298 e. The lowest BCUT2D eigenvalue weighted by atomic mass is 10.3. The Balaban J connectivity index is 3.72. The number of phenolic OH excluding ortho intramolecular Hbond substituents is 1. The normalized spacial score (nSPS) is 12.6. The molecule has 0 aliphatic rings. The third-order valence-corrected chi connectivity index (χ3v) is 3.44. The predicted molar refractivity (Wildman–Crippen MR) is 52.1 cm³/mol. The Kier molecular flexibility index (Phi) is 2.85. The largest absolute Gasteiger partial charge is 0.506 e. The Morgan fingerprint density at radius 3 is 1.75 bits per heavy atom. The first-order chi connectivity index (χ1) is 7.03. The van der Waals surface area contributed by atoms with Crippen molar-refractivity contribution in [2.75, 3.05) is 5.73 Å². The lowest BCUT2D eigenvalue weighted by Crippen LogP contribution is -2.06. The molecule has 0 atom stereocenters. The molecular weight excluding hydrogens is 262 g/mol. The number of aromatic hydroxyl groups is 1. The number of nitrogen functional groups attached to an aromatic ring is 1. The molecule has 0 saturated carbocycles. The van der Waals surface area contributed by atoms with Crippen molar-refractivity contribution in [2.24, 2.45) is 0 Å². The van der Waals surface area contributed by atoms with Gasteiger partial charge in [-0.25, -0.2) is 0 Å². The average Bonchev–Trinajstić information content (AvgIpc) is 1.97. The molecule has 1 aromatic carbocycles. The summed E-state index contributed by atoms with van der Waals surface area (Å²) in [5.41, 5.74) is 4.60. The second-order valence-corrected chi connectivity index (χ2v) is 5.59. The highest BCUT2D eigenvalue weighted by molar-refractivity contribution is 7.86. The molecule has 1 rings (SSSR count). The van der Waals surface area contributed by atoms with Gasteiger partial charge in [-0.05, 0) is 6.07 Å². The average molecular weight is 269 g/mol. The molecule has 0 fully saturated rings. The molecule has 0 heterocycles. The van der Waals surface area contributed by atoms with Gasteiger partial charge in [-0.2, -0.15) is 16.8 Å². The summed E-state index contributed by atoms with van der Waals surface area (Å²) in [4.78, 5) is -1.98. The van der Waals surface area contributed by atoms with Crippen LogP contribution in [-0.2, 0) is 20.2 Å². The Labute approximate surface area is 90.8 Å². The summed E-state index contributed by atoms with van der Waals surface area (Å²) in [6.07, 6.45) is 0. The summed E-state index contributed by atoms with van der Waals surface area (Å²) in [6, 6.07) is 0.946. The quantitative estimate of drug-likeness (QED) is 0.412. The first-order valence-corrected chi connectivity index (χ1v) is 6.49. The molecule has 0 bridgehead atoms. The standard InChI is InChI=1S/C6H7NO7S2/c7-3-1-4(8)6(16(12,13)14)2-5(3)15(9,10)11/h1-2,8H,7H2,(H,9,10,11)(H,12,13,14). The van der Waals surface area contributed by atoms with E-state index in [1.165, 1.54) is 0 Å². The summed E-state index contributed by atoms with van der Waals surface area (Å²) in [5, 5.41) is 9.12. The van der Waals surface area contributed by atoms with E-state index in [9.17, 15) is 16.8 Å². The van der Waals surface area contributed by atoms with Crippen LogP contribution in [0.5, 0.6) is 5.75 Å². The van der Waals surface area contributed by atoms with Gasteiger partial charge in [-0.1, -0.05) is 0 Å². The second kappa shape index (κ2) is 3.59. The topological polar surface area (TPSA) is 155 Å². The summed E-state index contributed by atoms with van der Waals surface area (Å²) in [6.45, 7) is 0. The van der Waals surface area contributed by atoms with Crippen molar-refractivity contribution in [3.8, 4) is 5.75 Å². The van der Waals surface area contributed by atoms with Gasteiger partial charge in [0.2, 0.25) is 0 Å². The lowest BCUT2D eigenvalue weighted by Gasteiger charge is -2.06. The summed E-state index contributed by atoms with van der Waals surface area (Å²) >= 11 is 0. The third-order valence-electron chi connectivity index (χ3n) is 1.65. The van der Waals surface area contributed by atoms with E-state index in [4.69, 9.17) is 19.9 Å². The zero-order valence-electron chi connectivity index (χ0n) is 7.52. The van der Waals surface area contributed by atoms with Crippen molar-refractivity contribution >= 4 is 25.9 Å². The number of benzene rings is 1. The van der Waals surface area contributed by atoms with Crippen LogP contribution in [0, 0.1) is 0 Å². The zero-order valence-corrected chi connectivity index (χ0v) is 9.16. The first-order valence-electron chi connectivity index (χ1n) is 3.61. The number of rotatable bonds is 2. The van der Waals surface area contributed by atoms with E-state index in [1.807, 2.05) is 0 Å². The Bertz CT molecular complexity index is 578. The molecule has 0 spiro atoms. The summed E-state index contributed by atoms with van der Waals surface area (Å²) in [7, 11) is -9.56.